The van der Waals surface area contributed by atoms with E-state index in [0.29, 0.717) is 36.9 Å². The molecule has 0 unspecified atom stereocenters. The Morgan fingerprint density at radius 3 is 2.60 bits per heavy atom. The van der Waals surface area contributed by atoms with E-state index in [2.05, 4.69) is 15.5 Å². The number of amides is 1. The van der Waals surface area contributed by atoms with E-state index in [-0.39, 0.29) is 5.91 Å². The largest absolute Gasteiger partial charge is 0.494 e. The van der Waals surface area contributed by atoms with Gasteiger partial charge >= 0.3 is 0 Å². The highest BCUT2D eigenvalue weighted by Gasteiger charge is 2.09. The third-order valence-electron chi connectivity index (χ3n) is 3.55. The van der Waals surface area contributed by atoms with Gasteiger partial charge in [-0.2, -0.15) is 4.98 Å². The molecule has 0 spiro atoms. The lowest BCUT2D eigenvalue weighted by atomic mass is 10.2. The number of hydrogen-bond acceptors (Lipinski definition) is 5. The first-order chi connectivity index (χ1) is 12.3. The van der Waals surface area contributed by atoms with E-state index in [1.807, 2.05) is 37.3 Å². The fourth-order valence-electron chi connectivity index (χ4n) is 2.32. The lowest BCUT2D eigenvalue weighted by Crippen LogP contribution is -2.25. The quantitative estimate of drug-likeness (QED) is 0.717. The van der Waals surface area contributed by atoms with Gasteiger partial charge in [-0.1, -0.05) is 35.5 Å². The topological polar surface area (TPSA) is 77.2 Å². The third-order valence-corrected chi connectivity index (χ3v) is 3.55. The molecule has 2 aromatic carbocycles. The summed E-state index contributed by atoms with van der Waals surface area (Å²) >= 11 is 0. The van der Waals surface area contributed by atoms with Crippen molar-refractivity contribution in [1.82, 2.24) is 15.5 Å². The minimum Gasteiger partial charge on any atom is -0.494 e. The molecule has 6 nitrogen and oxygen atoms in total. The molecule has 0 saturated heterocycles. The number of hydrogen-bond donors (Lipinski definition) is 1. The zero-order valence-corrected chi connectivity index (χ0v) is 13.9. The van der Waals surface area contributed by atoms with Crippen molar-refractivity contribution in [3.63, 3.8) is 0 Å². The van der Waals surface area contributed by atoms with E-state index in [1.165, 1.54) is 0 Å². The lowest BCUT2D eigenvalue weighted by molar-refractivity contribution is 0.0953. The summed E-state index contributed by atoms with van der Waals surface area (Å²) in [6.07, 6.45) is 0.475. The molecule has 1 amide bonds. The smallest absolute Gasteiger partial charge is 0.251 e. The standard InChI is InChI=1S/C19H19N3O3/c1-2-24-16-10-8-15(9-11-16)19(23)20-13-12-17-21-18(22-25-17)14-6-4-3-5-7-14/h3-11H,2,12-13H2,1H3,(H,20,23). The average molecular weight is 337 g/mol. The molecule has 1 N–H and O–H groups in total. The summed E-state index contributed by atoms with van der Waals surface area (Å²) in [5, 5.41) is 6.80. The normalized spacial score (nSPS) is 10.4. The second-order valence-corrected chi connectivity index (χ2v) is 5.34. The van der Waals surface area contributed by atoms with Gasteiger partial charge < -0.3 is 14.6 Å². The molecule has 3 rings (SSSR count). The van der Waals surface area contributed by atoms with Crippen LogP contribution in [0.15, 0.2) is 59.1 Å². The second kappa shape index (κ2) is 8.10. The maximum Gasteiger partial charge on any atom is 0.251 e. The van der Waals surface area contributed by atoms with Crippen molar-refractivity contribution in [2.24, 2.45) is 0 Å². The van der Waals surface area contributed by atoms with Crippen molar-refractivity contribution in [2.75, 3.05) is 13.2 Å². The van der Waals surface area contributed by atoms with Gasteiger partial charge in [0.15, 0.2) is 0 Å². The molecule has 0 aliphatic carbocycles. The Morgan fingerprint density at radius 2 is 1.88 bits per heavy atom. The monoisotopic (exact) mass is 337 g/mol. The lowest BCUT2D eigenvalue weighted by Gasteiger charge is -2.05. The number of aromatic nitrogens is 2. The van der Waals surface area contributed by atoms with Gasteiger partial charge in [0.05, 0.1) is 6.61 Å². The number of carbonyl (C=O) groups excluding carboxylic acids is 1. The van der Waals surface area contributed by atoms with E-state index in [1.54, 1.807) is 24.3 Å². The molecule has 0 saturated carbocycles. The molecular weight excluding hydrogens is 318 g/mol. The zero-order chi connectivity index (χ0) is 17.5. The first-order valence-corrected chi connectivity index (χ1v) is 8.15. The minimum atomic E-state index is -0.147. The van der Waals surface area contributed by atoms with Gasteiger partial charge in [-0.05, 0) is 31.2 Å². The Kier molecular flexibility index (Phi) is 5.41. The van der Waals surface area contributed by atoms with Crippen LogP contribution in [-0.2, 0) is 6.42 Å². The molecule has 0 aliphatic rings. The fraction of sp³-hybridized carbons (Fsp3) is 0.211. The average Bonchev–Trinajstić information content (AvgIpc) is 3.12. The van der Waals surface area contributed by atoms with Gasteiger partial charge in [-0.3, -0.25) is 4.79 Å². The highest BCUT2D eigenvalue weighted by Crippen LogP contribution is 2.15. The molecule has 0 fully saturated rings. The van der Waals surface area contributed by atoms with Crippen molar-refractivity contribution in [3.8, 4) is 17.1 Å². The van der Waals surface area contributed by atoms with E-state index >= 15 is 0 Å². The van der Waals surface area contributed by atoms with Crippen LogP contribution in [0.5, 0.6) is 5.75 Å². The maximum absolute atomic E-state index is 12.1. The van der Waals surface area contributed by atoms with E-state index in [4.69, 9.17) is 9.26 Å². The Bertz CT molecular complexity index is 813. The summed E-state index contributed by atoms with van der Waals surface area (Å²) < 4.78 is 10.6. The van der Waals surface area contributed by atoms with Crippen molar-refractivity contribution in [1.29, 1.82) is 0 Å². The number of nitrogens with one attached hydrogen (secondary N) is 1. The predicted octanol–water partition coefficient (Wildman–Crippen LogP) is 3.11. The molecule has 1 aromatic heterocycles. The van der Waals surface area contributed by atoms with Crippen LogP contribution in [0.2, 0.25) is 0 Å². The summed E-state index contributed by atoms with van der Waals surface area (Å²) in [6, 6.07) is 16.6. The van der Waals surface area contributed by atoms with Crippen LogP contribution in [0.4, 0.5) is 0 Å². The number of nitrogens with zero attached hydrogens (tertiary/aromatic N) is 2. The first-order valence-electron chi connectivity index (χ1n) is 8.15. The Balaban J connectivity index is 1.51. The highest BCUT2D eigenvalue weighted by molar-refractivity contribution is 5.94. The molecule has 0 aliphatic heterocycles. The summed E-state index contributed by atoms with van der Waals surface area (Å²) in [7, 11) is 0. The molecule has 0 radical (unpaired) electrons. The number of rotatable bonds is 7. The van der Waals surface area contributed by atoms with Gasteiger partial charge in [-0.15, -0.1) is 0 Å². The fourth-order valence-corrected chi connectivity index (χ4v) is 2.32. The van der Waals surface area contributed by atoms with E-state index < -0.39 is 0 Å². The van der Waals surface area contributed by atoms with Gasteiger partial charge in [0.2, 0.25) is 11.7 Å². The molecular formula is C19H19N3O3. The van der Waals surface area contributed by atoms with Crippen molar-refractivity contribution in [2.45, 2.75) is 13.3 Å². The van der Waals surface area contributed by atoms with Crippen LogP contribution >= 0.6 is 0 Å². The van der Waals surface area contributed by atoms with Crippen molar-refractivity contribution >= 4 is 5.91 Å². The summed E-state index contributed by atoms with van der Waals surface area (Å²) in [4.78, 5) is 16.4. The van der Waals surface area contributed by atoms with Crippen molar-refractivity contribution < 1.29 is 14.1 Å². The molecule has 1 heterocycles. The summed E-state index contributed by atoms with van der Waals surface area (Å²) in [6.45, 7) is 2.94. The number of carbonyl (C=O) groups is 1. The van der Waals surface area contributed by atoms with Gasteiger partial charge in [0.25, 0.3) is 5.91 Å². The van der Waals surface area contributed by atoms with Crippen LogP contribution < -0.4 is 10.1 Å². The Labute approximate surface area is 145 Å². The van der Waals surface area contributed by atoms with E-state index in [0.717, 1.165) is 11.3 Å². The first kappa shape index (κ1) is 16.7. The highest BCUT2D eigenvalue weighted by atomic mass is 16.5. The molecule has 0 bridgehead atoms. The second-order valence-electron chi connectivity index (χ2n) is 5.34. The minimum absolute atomic E-state index is 0.147. The Morgan fingerprint density at radius 1 is 1.12 bits per heavy atom. The van der Waals surface area contributed by atoms with Crippen LogP contribution in [-0.4, -0.2) is 29.2 Å². The predicted molar refractivity (Wildman–Crippen MR) is 93.4 cm³/mol. The Hall–Kier alpha value is -3.15. The molecule has 6 heteroatoms. The van der Waals surface area contributed by atoms with Gasteiger partial charge in [0.1, 0.15) is 5.75 Å². The maximum atomic E-state index is 12.1. The zero-order valence-electron chi connectivity index (χ0n) is 13.9. The van der Waals surface area contributed by atoms with Crippen molar-refractivity contribution in [3.05, 3.63) is 66.1 Å². The van der Waals surface area contributed by atoms with Crippen LogP contribution in [0.25, 0.3) is 11.4 Å². The van der Waals surface area contributed by atoms with Gasteiger partial charge in [0, 0.05) is 24.1 Å². The number of ether oxygens (including phenoxy) is 1. The van der Waals surface area contributed by atoms with Gasteiger partial charge in [-0.25, -0.2) is 0 Å². The molecule has 25 heavy (non-hydrogen) atoms. The van der Waals surface area contributed by atoms with Crippen LogP contribution in [0.3, 0.4) is 0 Å². The number of benzene rings is 2. The SMILES string of the molecule is CCOc1ccc(C(=O)NCCc2nc(-c3ccccc3)no2)cc1. The molecule has 0 atom stereocenters. The third kappa shape index (κ3) is 4.44. The van der Waals surface area contributed by atoms with Crippen LogP contribution in [0.1, 0.15) is 23.2 Å². The molecule has 128 valence electrons. The van der Waals surface area contributed by atoms with E-state index in [9.17, 15) is 4.79 Å². The summed E-state index contributed by atoms with van der Waals surface area (Å²) in [5.74, 6) is 1.64. The summed E-state index contributed by atoms with van der Waals surface area (Å²) in [5.41, 5.74) is 1.48. The molecule has 3 aromatic rings. The van der Waals surface area contributed by atoms with Crippen LogP contribution in [0, 0.1) is 0 Å².